The van der Waals surface area contributed by atoms with E-state index in [2.05, 4.69) is 64.1 Å². The Morgan fingerprint density at radius 1 is 0.971 bits per heavy atom. The van der Waals surface area contributed by atoms with E-state index in [1.807, 2.05) is 13.0 Å². The van der Waals surface area contributed by atoms with Crippen LogP contribution in [-0.4, -0.2) is 32.0 Å². The molecule has 34 heavy (non-hydrogen) atoms. The average molecular weight is 458 g/mol. The molecule has 6 nitrogen and oxygen atoms in total. The first kappa shape index (κ1) is 23.4. The summed E-state index contributed by atoms with van der Waals surface area (Å²) in [6, 6.07) is 22.7. The summed E-state index contributed by atoms with van der Waals surface area (Å²) in [5.41, 5.74) is 6.74. The maximum absolute atomic E-state index is 12.2. The number of aryl methyl sites for hydroxylation is 2. The molecule has 3 aromatic rings. The Balaban J connectivity index is 1.22. The number of amides is 2. The number of ether oxygens (including phenoxy) is 1. The highest BCUT2D eigenvalue weighted by atomic mass is 16.5. The van der Waals surface area contributed by atoms with Crippen LogP contribution in [0.1, 0.15) is 28.7 Å². The lowest BCUT2D eigenvalue weighted by Crippen LogP contribution is -2.36. The Labute approximate surface area is 200 Å². The van der Waals surface area contributed by atoms with Crippen molar-refractivity contribution >= 4 is 23.2 Å². The molecule has 0 aliphatic carbocycles. The van der Waals surface area contributed by atoms with Gasteiger partial charge in [-0.3, -0.25) is 9.59 Å². The van der Waals surface area contributed by atoms with Crippen molar-refractivity contribution in [3.8, 4) is 5.75 Å². The first-order valence-electron chi connectivity index (χ1n) is 11.7. The van der Waals surface area contributed by atoms with Crippen LogP contribution in [0.15, 0.2) is 66.7 Å². The van der Waals surface area contributed by atoms with Gasteiger partial charge in [0.15, 0.2) is 0 Å². The van der Waals surface area contributed by atoms with Gasteiger partial charge in [0.2, 0.25) is 0 Å². The molecule has 2 amide bonds. The van der Waals surface area contributed by atoms with Crippen molar-refractivity contribution in [3.63, 3.8) is 0 Å². The van der Waals surface area contributed by atoms with E-state index >= 15 is 0 Å². The van der Waals surface area contributed by atoms with Crippen LogP contribution in [0, 0.1) is 6.92 Å². The van der Waals surface area contributed by atoms with Gasteiger partial charge in [-0.15, -0.1) is 0 Å². The van der Waals surface area contributed by atoms with Crippen molar-refractivity contribution in [1.82, 2.24) is 5.32 Å². The highest BCUT2D eigenvalue weighted by Crippen LogP contribution is 2.26. The van der Waals surface area contributed by atoms with Crippen LogP contribution in [0.2, 0.25) is 0 Å². The first-order chi connectivity index (χ1) is 16.5. The fourth-order valence-electron chi connectivity index (χ4n) is 4.26. The fourth-order valence-corrected chi connectivity index (χ4v) is 4.26. The summed E-state index contributed by atoms with van der Waals surface area (Å²) in [7, 11) is 1.53. The normalized spacial score (nSPS) is 12.6. The Morgan fingerprint density at radius 2 is 1.74 bits per heavy atom. The van der Waals surface area contributed by atoms with Crippen LogP contribution in [0.4, 0.5) is 11.4 Å². The van der Waals surface area contributed by atoms with E-state index < -0.39 is 11.8 Å². The van der Waals surface area contributed by atoms with Crippen LogP contribution in [-0.2, 0) is 29.0 Å². The highest BCUT2D eigenvalue weighted by Gasteiger charge is 2.17. The minimum atomic E-state index is -0.698. The maximum atomic E-state index is 12.2. The summed E-state index contributed by atoms with van der Waals surface area (Å²) in [6.07, 6.45) is 2.65. The Hall–Kier alpha value is -3.80. The maximum Gasteiger partial charge on any atom is 0.313 e. The number of nitrogens with zero attached hydrogens (tertiary/aromatic N) is 1. The van der Waals surface area contributed by atoms with E-state index in [0.717, 1.165) is 37.9 Å². The van der Waals surface area contributed by atoms with E-state index in [9.17, 15) is 9.59 Å². The lowest BCUT2D eigenvalue weighted by atomic mass is 9.99. The van der Waals surface area contributed by atoms with Gasteiger partial charge in [-0.05, 0) is 72.7 Å². The third-order valence-electron chi connectivity index (χ3n) is 6.17. The largest absolute Gasteiger partial charge is 0.495 e. The first-order valence-corrected chi connectivity index (χ1v) is 11.7. The summed E-state index contributed by atoms with van der Waals surface area (Å²) in [5.74, 6) is -0.829. The summed E-state index contributed by atoms with van der Waals surface area (Å²) in [6.45, 7) is 4.31. The van der Waals surface area contributed by atoms with Gasteiger partial charge >= 0.3 is 11.8 Å². The van der Waals surface area contributed by atoms with E-state index in [1.54, 1.807) is 12.1 Å². The Bertz CT molecular complexity index is 1160. The number of hydrogen-bond acceptors (Lipinski definition) is 4. The van der Waals surface area contributed by atoms with Crippen molar-refractivity contribution in [2.24, 2.45) is 0 Å². The van der Waals surface area contributed by atoms with E-state index in [1.165, 1.54) is 29.5 Å². The Morgan fingerprint density at radius 3 is 2.50 bits per heavy atom. The molecule has 0 saturated heterocycles. The molecule has 3 aromatic carbocycles. The molecule has 0 unspecified atom stereocenters. The van der Waals surface area contributed by atoms with Gasteiger partial charge in [0.05, 0.1) is 12.8 Å². The molecule has 4 rings (SSSR count). The average Bonchev–Trinajstić information content (AvgIpc) is 2.86. The predicted molar refractivity (Wildman–Crippen MR) is 135 cm³/mol. The molecular formula is C28H31N3O3. The molecule has 0 aromatic heterocycles. The molecule has 0 spiro atoms. The number of fused-ring (bicyclic) bond motifs is 1. The minimum absolute atomic E-state index is 0.432. The van der Waals surface area contributed by atoms with E-state index in [0.29, 0.717) is 18.0 Å². The van der Waals surface area contributed by atoms with Gasteiger partial charge < -0.3 is 20.3 Å². The lowest BCUT2D eigenvalue weighted by molar-refractivity contribution is -0.136. The molecule has 176 valence electrons. The van der Waals surface area contributed by atoms with E-state index in [4.69, 9.17) is 4.74 Å². The van der Waals surface area contributed by atoms with Crippen LogP contribution in [0.25, 0.3) is 0 Å². The van der Waals surface area contributed by atoms with Gasteiger partial charge in [-0.1, -0.05) is 42.5 Å². The molecule has 0 fully saturated rings. The van der Waals surface area contributed by atoms with Crippen molar-refractivity contribution in [2.45, 2.75) is 32.7 Å². The quantitative estimate of drug-likeness (QED) is 0.411. The summed E-state index contributed by atoms with van der Waals surface area (Å²) < 4.78 is 5.24. The number of nitrogens with one attached hydrogen (secondary N) is 2. The molecular weight excluding hydrogens is 426 g/mol. The molecule has 2 N–H and O–H groups in total. The third-order valence-corrected chi connectivity index (χ3v) is 6.17. The number of benzene rings is 3. The monoisotopic (exact) mass is 457 g/mol. The molecule has 1 aliphatic rings. The smallest absolute Gasteiger partial charge is 0.313 e. The molecule has 1 heterocycles. The Kier molecular flexibility index (Phi) is 7.48. The number of methoxy groups -OCH3 is 1. The number of hydrogen-bond donors (Lipinski definition) is 2. The number of rotatable bonds is 7. The zero-order valence-corrected chi connectivity index (χ0v) is 19.8. The minimum Gasteiger partial charge on any atom is -0.495 e. The zero-order valence-electron chi connectivity index (χ0n) is 19.8. The molecule has 6 heteroatoms. The fraction of sp³-hybridized carbons (Fsp3) is 0.286. The van der Waals surface area contributed by atoms with Crippen molar-refractivity contribution < 1.29 is 14.3 Å². The number of carbonyl (C=O) groups excluding carboxylic acids is 2. The predicted octanol–water partition coefficient (Wildman–Crippen LogP) is 4.25. The van der Waals surface area contributed by atoms with Gasteiger partial charge in [0.25, 0.3) is 0 Å². The third kappa shape index (κ3) is 5.76. The topological polar surface area (TPSA) is 70.7 Å². The van der Waals surface area contributed by atoms with Gasteiger partial charge in [0.1, 0.15) is 5.75 Å². The SMILES string of the molecule is COc1ccc(C)cc1NC(=O)C(=O)NCCCc1ccc(N2CCc3ccccc3C2)cc1. The second-order valence-corrected chi connectivity index (χ2v) is 8.62. The molecule has 1 aliphatic heterocycles. The molecule has 0 bridgehead atoms. The molecule has 0 saturated carbocycles. The second-order valence-electron chi connectivity index (χ2n) is 8.62. The summed E-state index contributed by atoms with van der Waals surface area (Å²) in [4.78, 5) is 26.8. The van der Waals surface area contributed by atoms with Crippen LogP contribution in [0.3, 0.4) is 0 Å². The standard InChI is InChI=1S/C28H31N3O3/c1-20-9-14-26(34-2)25(18-20)30-28(33)27(32)29-16-5-6-21-10-12-24(13-11-21)31-17-15-22-7-3-4-8-23(22)19-31/h3-4,7-14,18H,5-6,15-17,19H2,1-2H3,(H,29,32)(H,30,33). The van der Waals surface area contributed by atoms with Crippen molar-refractivity contribution in [3.05, 3.63) is 89.0 Å². The van der Waals surface area contributed by atoms with Gasteiger partial charge in [0, 0.05) is 25.3 Å². The molecule has 0 radical (unpaired) electrons. The van der Waals surface area contributed by atoms with Crippen molar-refractivity contribution in [1.29, 1.82) is 0 Å². The molecule has 0 atom stereocenters. The van der Waals surface area contributed by atoms with Gasteiger partial charge in [-0.2, -0.15) is 0 Å². The van der Waals surface area contributed by atoms with Crippen LogP contribution >= 0.6 is 0 Å². The summed E-state index contributed by atoms with van der Waals surface area (Å²) >= 11 is 0. The number of anilines is 2. The highest BCUT2D eigenvalue weighted by molar-refractivity contribution is 6.39. The van der Waals surface area contributed by atoms with Gasteiger partial charge in [-0.25, -0.2) is 0 Å². The van der Waals surface area contributed by atoms with Crippen LogP contribution in [0.5, 0.6) is 5.75 Å². The van der Waals surface area contributed by atoms with E-state index in [-0.39, 0.29) is 0 Å². The number of carbonyl (C=O) groups is 2. The lowest BCUT2D eigenvalue weighted by Gasteiger charge is -2.30. The zero-order chi connectivity index (χ0) is 23.9. The van der Waals surface area contributed by atoms with Crippen molar-refractivity contribution in [2.75, 3.05) is 30.4 Å². The summed E-state index contributed by atoms with van der Waals surface area (Å²) in [5, 5.41) is 5.32. The van der Waals surface area contributed by atoms with Crippen LogP contribution < -0.4 is 20.3 Å². The second kappa shape index (κ2) is 10.9.